The maximum Gasteiger partial charge on any atom is 0.227 e. The van der Waals surface area contributed by atoms with Crippen molar-refractivity contribution in [1.29, 1.82) is 0 Å². The fourth-order valence-electron chi connectivity index (χ4n) is 3.83. The quantitative estimate of drug-likeness (QED) is 0.690. The fourth-order valence-corrected chi connectivity index (χ4v) is 3.83. The molecule has 0 unspecified atom stereocenters. The molecule has 0 saturated heterocycles. The average Bonchev–Trinajstić information content (AvgIpc) is 2.76. The van der Waals surface area contributed by atoms with Crippen LogP contribution in [0.15, 0.2) is 24.4 Å². The van der Waals surface area contributed by atoms with Gasteiger partial charge in [0.05, 0.1) is 11.9 Å². The zero-order valence-corrected chi connectivity index (χ0v) is 18.2. The molecule has 8 nitrogen and oxygen atoms in total. The highest BCUT2D eigenvalue weighted by molar-refractivity contribution is 5.92. The highest BCUT2D eigenvalue weighted by Gasteiger charge is 2.23. The van der Waals surface area contributed by atoms with E-state index in [0.29, 0.717) is 30.4 Å². The third-order valence-electron chi connectivity index (χ3n) is 5.39. The number of halogens is 1. The lowest BCUT2D eigenvalue weighted by Gasteiger charge is -2.29. The lowest BCUT2D eigenvalue weighted by Crippen LogP contribution is -2.39. The van der Waals surface area contributed by atoms with E-state index in [4.69, 9.17) is 0 Å². The van der Waals surface area contributed by atoms with E-state index in [1.54, 1.807) is 30.0 Å². The Kier molecular flexibility index (Phi) is 7.49. The van der Waals surface area contributed by atoms with Crippen LogP contribution in [0.3, 0.4) is 0 Å². The van der Waals surface area contributed by atoms with Gasteiger partial charge in [-0.15, -0.1) is 0 Å². The van der Waals surface area contributed by atoms with E-state index in [0.717, 1.165) is 31.9 Å². The first-order valence-electron chi connectivity index (χ1n) is 10.7. The molecule has 0 aromatic carbocycles. The van der Waals surface area contributed by atoms with E-state index in [1.807, 2.05) is 6.92 Å². The van der Waals surface area contributed by atoms with Crippen LogP contribution in [0, 0.1) is 5.82 Å². The molecule has 2 N–H and O–H groups in total. The molecule has 0 bridgehead atoms. The molecule has 2 amide bonds. The molecule has 2 heterocycles. The summed E-state index contributed by atoms with van der Waals surface area (Å²) >= 11 is 0. The van der Waals surface area contributed by atoms with Crippen molar-refractivity contribution in [1.82, 2.24) is 20.3 Å². The second kappa shape index (κ2) is 10.3. The minimum absolute atomic E-state index is 0. The molecule has 0 spiro atoms. The Bertz CT molecular complexity index is 941. The van der Waals surface area contributed by atoms with Gasteiger partial charge in [-0.1, -0.05) is 13.0 Å². The highest BCUT2D eigenvalue weighted by Crippen LogP contribution is 2.25. The Morgan fingerprint density at radius 2 is 1.87 bits per heavy atom. The van der Waals surface area contributed by atoms with Gasteiger partial charge in [0.25, 0.3) is 0 Å². The van der Waals surface area contributed by atoms with Crippen LogP contribution in [-0.4, -0.2) is 45.4 Å². The van der Waals surface area contributed by atoms with Gasteiger partial charge in [-0.05, 0) is 44.7 Å². The second-order valence-electron chi connectivity index (χ2n) is 7.66. The maximum atomic E-state index is 14.5. The molecule has 0 atom stereocenters. The van der Waals surface area contributed by atoms with E-state index < -0.39 is 5.82 Å². The van der Waals surface area contributed by atoms with Gasteiger partial charge in [0.1, 0.15) is 11.5 Å². The summed E-state index contributed by atoms with van der Waals surface area (Å²) in [6, 6.07) is 5.48. The average molecular weight is 433 g/mol. The number of rotatable bonds is 7. The van der Waals surface area contributed by atoms with Gasteiger partial charge >= 0.3 is 0 Å². The van der Waals surface area contributed by atoms with Crippen LogP contribution in [0.2, 0.25) is 0 Å². The van der Waals surface area contributed by atoms with Crippen molar-refractivity contribution in [2.45, 2.75) is 65.0 Å². The minimum atomic E-state index is -0.575. The monoisotopic (exact) mass is 432 g/mol. The van der Waals surface area contributed by atoms with Crippen LogP contribution in [0.4, 0.5) is 16.2 Å². The van der Waals surface area contributed by atoms with Gasteiger partial charge in [-0.3, -0.25) is 14.5 Å². The maximum absolute atomic E-state index is 14.5. The van der Waals surface area contributed by atoms with Crippen molar-refractivity contribution < 1.29 is 16.8 Å². The van der Waals surface area contributed by atoms with Crippen molar-refractivity contribution >= 4 is 23.6 Å². The normalized spacial score (nSPS) is 18.3. The fraction of sp³-hybridized carbons (Fsp3) is 0.500. The van der Waals surface area contributed by atoms with Crippen LogP contribution in [0.5, 0.6) is 0 Å². The number of carbonyl (C=O) groups is 2. The van der Waals surface area contributed by atoms with Gasteiger partial charge < -0.3 is 10.6 Å². The molecule has 0 aliphatic heterocycles. The summed E-state index contributed by atoms with van der Waals surface area (Å²) in [5.74, 6) is 0.168. The van der Waals surface area contributed by atoms with E-state index >= 15 is 0 Å². The van der Waals surface area contributed by atoms with Crippen LogP contribution in [-0.2, 0) is 9.59 Å². The highest BCUT2D eigenvalue weighted by atomic mass is 19.1. The molecule has 1 fully saturated rings. The Labute approximate surface area is 184 Å². The molecule has 2 aromatic heterocycles. The van der Waals surface area contributed by atoms with E-state index in [-0.39, 0.29) is 32.4 Å². The Morgan fingerprint density at radius 1 is 1.16 bits per heavy atom. The van der Waals surface area contributed by atoms with Crippen LogP contribution < -0.4 is 15.5 Å². The molecule has 170 valence electrons. The SMILES string of the molecule is CCC(=O)N(CC)c1cccc(-c2nc(NC3CCC(NC(C)=O)CC3)ncc2F)n1.[HH].[HH]. The van der Waals surface area contributed by atoms with Crippen molar-refractivity contribution in [3.05, 3.63) is 30.2 Å². The number of pyridine rings is 1. The predicted molar refractivity (Wildman–Crippen MR) is 121 cm³/mol. The third kappa shape index (κ3) is 5.74. The molecule has 1 saturated carbocycles. The zero-order chi connectivity index (χ0) is 22.4. The molecule has 0 radical (unpaired) electrons. The molecule has 2 aromatic rings. The summed E-state index contributed by atoms with van der Waals surface area (Å²) < 4.78 is 14.5. The summed E-state index contributed by atoms with van der Waals surface area (Å²) in [7, 11) is 0. The van der Waals surface area contributed by atoms with Gasteiger partial charge in [0, 0.05) is 34.8 Å². The molecule has 9 heteroatoms. The number of nitrogens with one attached hydrogen (secondary N) is 2. The minimum Gasteiger partial charge on any atom is -0.354 e. The lowest BCUT2D eigenvalue weighted by atomic mass is 9.91. The summed E-state index contributed by atoms with van der Waals surface area (Å²) in [6.07, 6.45) is 4.95. The molecular formula is C22H33FN6O2. The van der Waals surface area contributed by atoms with Gasteiger partial charge in [0.15, 0.2) is 5.82 Å². The first kappa shape index (κ1) is 22.6. The van der Waals surface area contributed by atoms with Crippen LogP contribution in [0.25, 0.3) is 11.4 Å². The standard InChI is InChI=1S/C22H29FN6O2.2H2/c1-4-20(31)29(5-2)19-8-6-7-18(27-19)21-17(23)13-24-22(28-21)26-16-11-9-15(10-12-16)25-14(3)30;;/h6-8,13,15-16H,4-5,9-12H2,1-3H3,(H,25,30)(H,24,26,28);2*1H. The number of anilines is 2. The van der Waals surface area contributed by atoms with Crippen molar-refractivity contribution in [3.8, 4) is 11.4 Å². The summed E-state index contributed by atoms with van der Waals surface area (Å²) in [6.45, 7) is 5.67. The Balaban J connectivity index is 0.00000272. The van der Waals surface area contributed by atoms with Crippen molar-refractivity contribution in [2.24, 2.45) is 0 Å². The lowest BCUT2D eigenvalue weighted by molar-refractivity contribution is -0.120. The van der Waals surface area contributed by atoms with E-state index in [1.165, 1.54) is 6.92 Å². The number of carbonyl (C=O) groups excluding carboxylic acids is 2. The predicted octanol–water partition coefficient (Wildman–Crippen LogP) is 3.79. The molecule has 31 heavy (non-hydrogen) atoms. The largest absolute Gasteiger partial charge is 0.354 e. The van der Waals surface area contributed by atoms with E-state index in [9.17, 15) is 14.0 Å². The first-order chi connectivity index (χ1) is 14.9. The van der Waals surface area contributed by atoms with Crippen LogP contribution in [0.1, 0.15) is 55.7 Å². The van der Waals surface area contributed by atoms with Crippen molar-refractivity contribution in [2.75, 3.05) is 16.8 Å². The molecule has 1 aliphatic carbocycles. The summed E-state index contributed by atoms with van der Waals surface area (Å²) in [5.41, 5.74) is 0.434. The molecule has 1 aliphatic rings. The molecular weight excluding hydrogens is 399 g/mol. The number of amides is 2. The summed E-state index contributed by atoms with van der Waals surface area (Å²) in [4.78, 5) is 37.9. The van der Waals surface area contributed by atoms with E-state index in [2.05, 4.69) is 25.6 Å². The Morgan fingerprint density at radius 3 is 2.52 bits per heavy atom. The second-order valence-corrected chi connectivity index (χ2v) is 7.66. The number of aromatic nitrogens is 3. The van der Waals surface area contributed by atoms with Crippen molar-refractivity contribution in [3.63, 3.8) is 0 Å². The van der Waals surface area contributed by atoms with Gasteiger partial charge in [-0.2, -0.15) is 0 Å². The number of hydrogen-bond donors (Lipinski definition) is 2. The third-order valence-corrected chi connectivity index (χ3v) is 5.39. The Hall–Kier alpha value is -3.10. The topological polar surface area (TPSA) is 100 Å². The number of nitrogens with zero attached hydrogens (tertiary/aromatic N) is 4. The first-order valence-corrected chi connectivity index (χ1v) is 10.7. The summed E-state index contributed by atoms with van der Waals surface area (Å²) in [5, 5.41) is 6.23. The van der Waals surface area contributed by atoms with Crippen LogP contribution >= 0.6 is 0 Å². The number of hydrogen-bond acceptors (Lipinski definition) is 6. The zero-order valence-electron chi connectivity index (χ0n) is 18.2. The van der Waals surface area contributed by atoms with Gasteiger partial charge in [-0.25, -0.2) is 19.3 Å². The van der Waals surface area contributed by atoms with Gasteiger partial charge in [0.2, 0.25) is 17.8 Å². The smallest absolute Gasteiger partial charge is 0.227 e. The molecule has 3 rings (SSSR count).